The van der Waals surface area contributed by atoms with Crippen LogP contribution >= 0.6 is 0 Å². The predicted octanol–water partition coefficient (Wildman–Crippen LogP) is 3.42. The molecule has 4 heterocycles. The van der Waals surface area contributed by atoms with Crippen LogP contribution in [0.2, 0.25) is 0 Å². The SMILES string of the molecule is CC(=O)O.OC(CN(Cc1ccccn1)Cc1ccccn1)CN(Cc1ccccn1)Cc1ccccn1.[Mn].[Mn]. The van der Waals surface area contributed by atoms with Crippen molar-refractivity contribution in [2.24, 2.45) is 0 Å². The van der Waals surface area contributed by atoms with Crippen LogP contribution in [0.4, 0.5) is 0 Å². The fourth-order valence-corrected chi connectivity index (χ4v) is 3.91. The Morgan fingerprint density at radius 2 is 0.875 bits per heavy atom. The zero-order chi connectivity index (χ0) is 27.0. The second kappa shape index (κ2) is 20.0. The van der Waals surface area contributed by atoms with Gasteiger partial charge in [0.2, 0.25) is 0 Å². The molecule has 4 aromatic heterocycles. The molecule has 0 spiro atoms. The van der Waals surface area contributed by atoms with Crippen molar-refractivity contribution in [2.45, 2.75) is 39.2 Å². The van der Waals surface area contributed by atoms with E-state index in [-0.39, 0.29) is 34.1 Å². The number of hydrogen-bond acceptors (Lipinski definition) is 8. The van der Waals surface area contributed by atoms with Crippen molar-refractivity contribution in [3.05, 3.63) is 120 Å². The van der Waals surface area contributed by atoms with Gasteiger partial charge < -0.3 is 10.2 Å². The van der Waals surface area contributed by atoms with Gasteiger partial charge in [0.25, 0.3) is 5.97 Å². The Labute approximate surface area is 256 Å². The topological polar surface area (TPSA) is 116 Å². The molecule has 11 heteroatoms. The Morgan fingerprint density at radius 1 is 0.625 bits per heavy atom. The second-order valence-corrected chi connectivity index (χ2v) is 8.80. The molecule has 0 aliphatic carbocycles. The predicted molar refractivity (Wildman–Crippen MR) is 144 cm³/mol. The molecular weight excluding hydrogens is 590 g/mol. The summed E-state index contributed by atoms with van der Waals surface area (Å²) in [6, 6.07) is 23.6. The first-order chi connectivity index (χ1) is 18.5. The van der Waals surface area contributed by atoms with E-state index in [0.29, 0.717) is 39.3 Å². The molecule has 0 aromatic carbocycles. The van der Waals surface area contributed by atoms with Crippen LogP contribution in [0.1, 0.15) is 29.7 Å². The van der Waals surface area contributed by atoms with Crippen LogP contribution in [0.25, 0.3) is 0 Å². The zero-order valence-electron chi connectivity index (χ0n) is 22.3. The molecule has 40 heavy (non-hydrogen) atoms. The fourth-order valence-electron chi connectivity index (χ4n) is 3.91. The summed E-state index contributed by atoms with van der Waals surface area (Å²) in [7, 11) is 0. The maximum atomic E-state index is 11.1. The van der Waals surface area contributed by atoms with Gasteiger partial charge >= 0.3 is 0 Å². The molecular formula is C29H34Mn2N6O3. The molecule has 4 rings (SSSR count). The summed E-state index contributed by atoms with van der Waals surface area (Å²) in [5.41, 5.74) is 3.85. The maximum absolute atomic E-state index is 11.1. The molecule has 2 radical (unpaired) electrons. The molecule has 0 unspecified atom stereocenters. The van der Waals surface area contributed by atoms with E-state index in [1.807, 2.05) is 72.8 Å². The standard InChI is InChI=1S/C27H30N6O.C2H4O2.2Mn/c34-27(21-32(17-23-9-1-5-13-28-23)18-24-10-2-6-14-29-24)22-33(19-25-11-3-7-15-30-25)20-26-12-4-8-16-31-26;1-2(3)4;;/h1-16,27,34H,17-22H2;1H3,(H,3,4);;. The normalized spacial score (nSPS) is 10.3. The summed E-state index contributed by atoms with van der Waals surface area (Å²) in [5.74, 6) is -0.833. The third kappa shape index (κ3) is 14.4. The van der Waals surface area contributed by atoms with Crippen molar-refractivity contribution in [3.8, 4) is 0 Å². The molecule has 0 bridgehead atoms. The number of carboxylic acid groups (broad SMARTS) is 1. The van der Waals surface area contributed by atoms with Gasteiger partial charge in [-0.1, -0.05) is 24.3 Å². The van der Waals surface area contributed by atoms with E-state index in [4.69, 9.17) is 9.90 Å². The first-order valence-corrected chi connectivity index (χ1v) is 12.4. The van der Waals surface area contributed by atoms with Gasteiger partial charge in [0.1, 0.15) is 0 Å². The number of aliphatic hydroxyl groups excluding tert-OH is 1. The number of aromatic nitrogens is 4. The van der Waals surface area contributed by atoms with E-state index in [0.717, 1.165) is 29.7 Å². The molecule has 0 saturated carbocycles. The van der Waals surface area contributed by atoms with Crippen LogP contribution in [-0.2, 0) is 65.1 Å². The van der Waals surface area contributed by atoms with Crippen molar-refractivity contribution >= 4 is 5.97 Å². The number of aliphatic carboxylic acids is 1. The van der Waals surface area contributed by atoms with E-state index in [2.05, 4.69) is 29.7 Å². The molecule has 0 amide bonds. The molecule has 0 aliphatic rings. The Morgan fingerprint density at radius 3 is 1.07 bits per heavy atom. The van der Waals surface area contributed by atoms with Gasteiger partial charge in [-0.3, -0.25) is 34.5 Å². The van der Waals surface area contributed by atoms with Crippen LogP contribution < -0.4 is 0 Å². The first-order valence-electron chi connectivity index (χ1n) is 12.4. The van der Waals surface area contributed by atoms with Gasteiger partial charge in [-0.25, -0.2) is 0 Å². The second-order valence-electron chi connectivity index (χ2n) is 8.80. The van der Waals surface area contributed by atoms with Crippen LogP contribution in [0.5, 0.6) is 0 Å². The van der Waals surface area contributed by atoms with Crippen molar-refractivity contribution in [3.63, 3.8) is 0 Å². The van der Waals surface area contributed by atoms with Gasteiger partial charge in [-0.05, 0) is 48.5 Å². The molecule has 212 valence electrons. The minimum Gasteiger partial charge on any atom is -0.481 e. The van der Waals surface area contributed by atoms with E-state index >= 15 is 0 Å². The Kier molecular flexibility index (Phi) is 17.5. The van der Waals surface area contributed by atoms with Crippen molar-refractivity contribution < 1.29 is 49.1 Å². The zero-order valence-corrected chi connectivity index (χ0v) is 24.7. The molecule has 0 atom stereocenters. The number of hydrogen-bond donors (Lipinski definition) is 2. The van der Waals surface area contributed by atoms with Crippen LogP contribution in [0.3, 0.4) is 0 Å². The first kappa shape index (κ1) is 35.0. The van der Waals surface area contributed by atoms with Crippen molar-refractivity contribution in [2.75, 3.05) is 13.1 Å². The Bertz CT molecular complexity index is 1020. The smallest absolute Gasteiger partial charge is 0.300 e. The molecule has 0 saturated heterocycles. The monoisotopic (exact) mass is 624 g/mol. The van der Waals surface area contributed by atoms with Crippen molar-refractivity contribution in [1.29, 1.82) is 0 Å². The summed E-state index contributed by atoms with van der Waals surface area (Å²) < 4.78 is 0. The molecule has 0 aliphatic heterocycles. The number of pyridine rings is 4. The van der Waals surface area contributed by atoms with Crippen LogP contribution in [0, 0.1) is 0 Å². The number of aliphatic hydroxyl groups is 1. The van der Waals surface area contributed by atoms with Crippen LogP contribution in [-0.4, -0.2) is 65.1 Å². The molecule has 9 nitrogen and oxygen atoms in total. The van der Waals surface area contributed by atoms with Gasteiger partial charge in [-0.15, -0.1) is 0 Å². The third-order valence-corrected chi connectivity index (χ3v) is 5.38. The minimum absolute atomic E-state index is 0. The average Bonchev–Trinajstić information content (AvgIpc) is 2.90. The summed E-state index contributed by atoms with van der Waals surface area (Å²) in [6.45, 7) is 4.61. The van der Waals surface area contributed by atoms with Gasteiger partial charge in [0, 0.05) is 105 Å². The van der Waals surface area contributed by atoms with Crippen molar-refractivity contribution in [1.82, 2.24) is 29.7 Å². The van der Waals surface area contributed by atoms with Gasteiger partial charge in [0.15, 0.2) is 0 Å². The number of nitrogens with zero attached hydrogens (tertiary/aromatic N) is 6. The average molecular weight is 625 g/mol. The Balaban J connectivity index is 0.00000125. The summed E-state index contributed by atoms with van der Waals surface area (Å²) >= 11 is 0. The maximum Gasteiger partial charge on any atom is 0.300 e. The summed E-state index contributed by atoms with van der Waals surface area (Å²) in [4.78, 5) is 31.3. The number of rotatable bonds is 12. The van der Waals surface area contributed by atoms with Gasteiger partial charge in [0.05, 0.1) is 28.9 Å². The van der Waals surface area contributed by atoms with E-state index in [1.165, 1.54) is 0 Å². The fraction of sp³-hybridized carbons (Fsp3) is 0.276. The minimum atomic E-state index is -0.833. The third-order valence-electron chi connectivity index (χ3n) is 5.38. The van der Waals surface area contributed by atoms with E-state index < -0.39 is 12.1 Å². The van der Waals surface area contributed by atoms with E-state index in [1.54, 1.807) is 24.8 Å². The largest absolute Gasteiger partial charge is 0.481 e. The number of carbonyl (C=O) groups is 1. The van der Waals surface area contributed by atoms with Crippen LogP contribution in [0.15, 0.2) is 97.6 Å². The molecule has 0 fully saturated rings. The Hall–Kier alpha value is -3.01. The summed E-state index contributed by atoms with van der Waals surface area (Å²) in [5, 5.41) is 18.6. The van der Waals surface area contributed by atoms with Gasteiger partial charge in [-0.2, -0.15) is 0 Å². The number of carboxylic acids is 1. The quantitative estimate of drug-likeness (QED) is 0.229. The molecule has 2 N–H and O–H groups in total. The van der Waals surface area contributed by atoms with E-state index in [9.17, 15) is 5.11 Å². The summed E-state index contributed by atoms with van der Waals surface area (Å²) in [6.07, 6.45) is 6.62. The molecule has 4 aromatic rings.